The molecule has 15 nitrogen and oxygen atoms in total. The molecule has 4 atom stereocenters. The average Bonchev–Trinajstić information content (AvgIpc) is 3.65. The van der Waals surface area contributed by atoms with Gasteiger partial charge in [-0.25, -0.2) is 9.59 Å². The van der Waals surface area contributed by atoms with Gasteiger partial charge in [-0.15, -0.1) is 0 Å². The van der Waals surface area contributed by atoms with Gasteiger partial charge in [0.05, 0.1) is 23.7 Å². The molecule has 52 heavy (non-hydrogen) atoms. The Morgan fingerprint density at radius 1 is 0.750 bits per heavy atom. The summed E-state index contributed by atoms with van der Waals surface area (Å²) < 4.78 is 0. The molecule has 0 aliphatic heterocycles. The first kappa shape index (κ1) is 40.8. The summed E-state index contributed by atoms with van der Waals surface area (Å²) in [5.41, 5.74) is -0.0348. The quantitative estimate of drug-likeness (QED) is 0.104. The van der Waals surface area contributed by atoms with E-state index >= 15 is 0 Å². The summed E-state index contributed by atoms with van der Waals surface area (Å²) in [4.78, 5) is 103. The summed E-state index contributed by atoms with van der Waals surface area (Å²) in [6.45, 7) is 4.68. The van der Waals surface area contributed by atoms with Crippen LogP contribution in [0.4, 0.5) is 0 Å². The highest BCUT2D eigenvalue weighted by atomic mass is 16.4. The summed E-state index contributed by atoms with van der Waals surface area (Å²) >= 11 is 0. The third-order valence-electron chi connectivity index (χ3n) is 8.71. The molecular formula is C37H47N5O10. The van der Waals surface area contributed by atoms with Gasteiger partial charge in [0.2, 0.25) is 23.5 Å². The van der Waals surface area contributed by atoms with Gasteiger partial charge < -0.3 is 36.8 Å². The van der Waals surface area contributed by atoms with Crippen molar-refractivity contribution < 1.29 is 48.6 Å². The van der Waals surface area contributed by atoms with Crippen LogP contribution in [0.1, 0.15) is 98.0 Å². The van der Waals surface area contributed by atoms with Crippen molar-refractivity contribution in [2.75, 3.05) is 6.54 Å². The van der Waals surface area contributed by atoms with Gasteiger partial charge in [-0.2, -0.15) is 0 Å². The number of carboxylic acids is 2. The Morgan fingerprint density at radius 2 is 1.35 bits per heavy atom. The number of hydrogen-bond acceptors (Lipinski definition) is 8. The van der Waals surface area contributed by atoms with E-state index in [0.717, 1.165) is 12.8 Å². The monoisotopic (exact) mass is 721 g/mol. The molecular weight excluding hydrogens is 674 g/mol. The van der Waals surface area contributed by atoms with E-state index in [1.807, 2.05) is 13.8 Å². The van der Waals surface area contributed by atoms with Crippen LogP contribution >= 0.6 is 0 Å². The minimum atomic E-state index is -1.39. The number of carboxylic acid groups (broad SMARTS) is 2. The number of benzene rings is 2. The summed E-state index contributed by atoms with van der Waals surface area (Å²) in [5, 5.41) is 31.6. The number of amides is 5. The molecule has 0 bridgehead atoms. The van der Waals surface area contributed by atoms with E-state index < -0.39 is 78.0 Å². The lowest BCUT2D eigenvalue weighted by Crippen LogP contribution is -2.58. The molecule has 7 N–H and O–H groups in total. The number of Topliss-reactive ketones (excluding diaryl/α,β-unsaturated/α-hetero) is 1. The molecule has 5 amide bonds. The SMILES string of the molecule is CCC[C@@H](NC(=O)[C@H](CC(C)C)NC(=O)[C@@H](NC(=O)c1ccccc1C(=O)O)C1CCCC1)C(=O)C(=O)NCC(=O)N[C@H](C(=O)O)c1ccccc1. The number of carbonyl (C=O) groups is 8. The zero-order valence-electron chi connectivity index (χ0n) is 29.5. The Kier molecular flexibility index (Phi) is 15.5. The summed E-state index contributed by atoms with van der Waals surface area (Å²) in [5.74, 6) is -8.20. The molecule has 2 aromatic rings. The third-order valence-corrected chi connectivity index (χ3v) is 8.71. The summed E-state index contributed by atoms with van der Waals surface area (Å²) in [7, 11) is 0. The maximum atomic E-state index is 13.8. The van der Waals surface area contributed by atoms with E-state index in [9.17, 15) is 48.6 Å². The second kappa shape index (κ2) is 19.7. The number of aromatic carboxylic acids is 1. The van der Waals surface area contributed by atoms with Crippen molar-refractivity contribution in [3.8, 4) is 0 Å². The van der Waals surface area contributed by atoms with Crippen molar-refractivity contribution in [3.05, 3.63) is 71.3 Å². The Hall–Kier alpha value is -5.60. The predicted octanol–water partition coefficient (Wildman–Crippen LogP) is 2.12. The summed E-state index contributed by atoms with van der Waals surface area (Å²) in [6, 6.07) is 8.62. The molecule has 0 aromatic heterocycles. The number of hydrogen-bond donors (Lipinski definition) is 7. The lowest BCUT2D eigenvalue weighted by molar-refractivity contribution is -0.142. The van der Waals surface area contributed by atoms with Crippen molar-refractivity contribution in [1.29, 1.82) is 0 Å². The minimum Gasteiger partial charge on any atom is -0.479 e. The van der Waals surface area contributed by atoms with Crippen LogP contribution in [0.3, 0.4) is 0 Å². The molecule has 3 rings (SSSR count). The van der Waals surface area contributed by atoms with Crippen LogP contribution < -0.4 is 26.6 Å². The Balaban J connectivity index is 1.70. The molecule has 15 heteroatoms. The van der Waals surface area contributed by atoms with E-state index in [2.05, 4.69) is 26.6 Å². The van der Waals surface area contributed by atoms with Crippen molar-refractivity contribution >= 4 is 47.3 Å². The van der Waals surface area contributed by atoms with Crippen molar-refractivity contribution in [1.82, 2.24) is 26.6 Å². The normalized spacial score (nSPS) is 15.0. The Bertz CT molecular complexity index is 1620. The highest BCUT2D eigenvalue weighted by molar-refractivity contribution is 6.38. The highest BCUT2D eigenvalue weighted by Gasteiger charge is 2.36. The number of rotatable bonds is 19. The predicted molar refractivity (Wildman–Crippen MR) is 188 cm³/mol. The molecule has 2 aromatic carbocycles. The van der Waals surface area contributed by atoms with Crippen molar-refractivity contribution in [2.24, 2.45) is 11.8 Å². The molecule has 1 fully saturated rings. The topological polar surface area (TPSA) is 237 Å². The van der Waals surface area contributed by atoms with Crippen LogP contribution in [0.5, 0.6) is 0 Å². The highest BCUT2D eigenvalue weighted by Crippen LogP contribution is 2.28. The van der Waals surface area contributed by atoms with Crippen LogP contribution in [0.15, 0.2) is 54.6 Å². The number of ketones is 1. The fourth-order valence-electron chi connectivity index (χ4n) is 6.12. The van der Waals surface area contributed by atoms with E-state index in [4.69, 9.17) is 0 Å². The summed E-state index contributed by atoms with van der Waals surface area (Å²) in [6.07, 6.45) is 3.50. The molecule has 0 spiro atoms. The van der Waals surface area contributed by atoms with Gasteiger partial charge in [0, 0.05) is 0 Å². The minimum absolute atomic E-state index is 0.0609. The molecule has 1 saturated carbocycles. The van der Waals surface area contributed by atoms with Crippen LogP contribution in [-0.4, -0.2) is 82.1 Å². The Morgan fingerprint density at radius 3 is 1.92 bits per heavy atom. The fourth-order valence-corrected chi connectivity index (χ4v) is 6.12. The van der Waals surface area contributed by atoms with Crippen molar-refractivity contribution in [2.45, 2.75) is 89.9 Å². The lowest BCUT2D eigenvalue weighted by Gasteiger charge is -2.28. The first-order valence-electron chi connectivity index (χ1n) is 17.4. The van der Waals surface area contributed by atoms with Crippen molar-refractivity contribution in [3.63, 3.8) is 0 Å². The van der Waals surface area contributed by atoms with Gasteiger partial charge in [0.15, 0.2) is 6.04 Å². The van der Waals surface area contributed by atoms with Crippen LogP contribution in [0, 0.1) is 11.8 Å². The van der Waals surface area contributed by atoms with Gasteiger partial charge in [-0.3, -0.25) is 28.8 Å². The molecule has 280 valence electrons. The Labute approximate surface area is 301 Å². The first-order valence-corrected chi connectivity index (χ1v) is 17.4. The van der Waals surface area contributed by atoms with E-state index in [-0.39, 0.29) is 35.8 Å². The van der Waals surface area contributed by atoms with Crippen LogP contribution in [-0.2, 0) is 28.8 Å². The fraction of sp³-hybridized carbons (Fsp3) is 0.459. The van der Waals surface area contributed by atoms with Gasteiger partial charge in [-0.05, 0) is 55.2 Å². The van der Waals surface area contributed by atoms with E-state index in [1.165, 1.54) is 36.4 Å². The maximum absolute atomic E-state index is 13.8. The van der Waals surface area contributed by atoms with Crippen LogP contribution in [0.2, 0.25) is 0 Å². The number of aliphatic carboxylic acids is 1. The maximum Gasteiger partial charge on any atom is 0.336 e. The molecule has 0 heterocycles. The van der Waals surface area contributed by atoms with E-state index in [1.54, 1.807) is 25.1 Å². The van der Waals surface area contributed by atoms with E-state index in [0.29, 0.717) is 24.8 Å². The zero-order chi connectivity index (χ0) is 38.4. The van der Waals surface area contributed by atoms with Gasteiger partial charge >= 0.3 is 11.9 Å². The largest absolute Gasteiger partial charge is 0.479 e. The third kappa shape index (κ3) is 11.7. The second-order valence-electron chi connectivity index (χ2n) is 13.2. The number of carbonyl (C=O) groups excluding carboxylic acids is 6. The van der Waals surface area contributed by atoms with Crippen LogP contribution in [0.25, 0.3) is 0 Å². The standard InChI is InChI=1S/C37H47N5O10/c1-4-12-26(31(44)35(48)38-20-28(43)41-30(37(51)52)23-13-6-5-7-14-23)39-33(46)27(19-21(2)3)40-34(47)29(22-15-8-9-16-22)42-32(45)24-17-10-11-18-25(24)36(49)50/h5-7,10-11,13-14,17-18,21-22,26-27,29-30H,4,8-9,12,15-16,19-20H2,1-3H3,(H,38,48)(H,39,46)(H,40,47)(H,41,43)(H,42,45)(H,49,50)(H,51,52)/t26-,27+,29+,30+/m1/s1. The first-order chi connectivity index (χ1) is 24.7. The van der Waals surface area contributed by atoms with Gasteiger partial charge in [0.25, 0.3) is 11.8 Å². The average molecular weight is 722 g/mol. The van der Waals surface area contributed by atoms with Gasteiger partial charge in [-0.1, -0.05) is 82.5 Å². The zero-order valence-corrected chi connectivity index (χ0v) is 29.5. The second-order valence-corrected chi connectivity index (χ2v) is 13.2. The molecule has 0 saturated heterocycles. The lowest BCUT2D eigenvalue weighted by atomic mass is 9.95. The smallest absolute Gasteiger partial charge is 0.336 e. The molecule has 1 aliphatic carbocycles. The van der Waals surface area contributed by atoms with Gasteiger partial charge in [0.1, 0.15) is 12.1 Å². The number of nitrogens with one attached hydrogen (secondary N) is 5. The molecule has 1 aliphatic rings. The molecule has 0 unspecified atom stereocenters. The molecule has 0 radical (unpaired) electrons.